The Labute approximate surface area is 186 Å². The molecule has 0 aliphatic rings. The third-order valence-electron chi connectivity index (χ3n) is 5.34. The Morgan fingerprint density at radius 1 is 0.969 bits per heavy atom. The molecule has 0 saturated heterocycles. The minimum atomic E-state index is -0.343. The van der Waals surface area contributed by atoms with Crippen LogP contribution < -0.4 is 15.5 Å². The fraction of sp³-hybridized carbons (Fsp3) is 0.185. The number of aryl methyl sites for hydroxylation is 3. The normalized spacial score (nSPS) is 10.8. The van der Waals surface area contributed by atoms with Crippen molar-refractivity contribution >= 4 is 22.6 Å². The van der Waals surface area contributed by atoms with Crippen LogP contribution in [0.3, 0.4) is 0 Å². The molecule has 1 amide bonds. The van der Waals surface area contributed by atoms with E-state index in [1.165, 1.54) is 0 Å². The summed E-state index contributed by atoms with van der Waals surface area (Å²) in [6.07, 6.45) is 0.794. The van der Waals surface area contributed by atoms with Gasteiger partial charge >= 0.3 is 0 Å². The number of hydrogen-bond donors (Lipinski definition) is 1. The summed E-state index contributed by atoms with van der Waals surface area (Å²) in [7, 11) is 0. The van der Waals surface area contributed by atoms with E-state index in [2.05, 4.69) is 5.32 Å². The standard InChI is InChI=1S/C27H25NO4/c1-4-19-7-5-6-8-22(19)28-24(29)16-31-27-25(30)21-15-18(3)11-14-23(21)32-26(27)20-12-9-17(2)10-13-20/h5-15H,4,16H2,1-3H3,(H,28,29). The predicted octanol–water partition coefficient (Wildman–Crippen LogP) is 5.66. The van der Waals surface area contributed by atoms with Crippen LogP contribution in [0.1, 0.15) is 23.6 Å². The van der Waals surface area contributed by atoms with Gasteiger partial charge in [0, 0.05) is 11.3 Å². The summed E-state index contributed by atoms with van der Waals surface area (Å²) in [5.74, 6) is 0.00323. The highest BCUT2D eigenvalue weighted by Crippen LogP contribution is 2.31. The van der Waals surface area contributed by atoms with Crippen LogP contribution in [0.4, 0.5) is 5.69 Å². The molecule has 0 unspecified atom stereocenters. The van der Waals surface area contributed by atoms with E-state index in [4.69, 9.17) is 9.15 Å². The van der Waals surface area contributed by atoms with E-state index in [1.54, 1.807) is 12.1 Å². The van der Waals surface area contributed by atoms with E-state index >= 15 is 0 Å². The van der Waals surface area contributed by atoms with Crippen LogP contribution in [0.15, 0.2) is 75.9 Å². The minimum absolute atomic E-state index is 0.0332. The molecule has 1 N–H and O–H groups in total. The topological polar surface area (TPSA) is 68.5 Å². The highest BCUT2D eigenvalue weighted by Gasteiger charge is 2.19. The molecule has 0 aliphatic carbocycles. The van der Waals surface area contributed by atoms with Crippen molar-refractivity contribution < 1.29 is 13.9 Å². The lowest BCUT2D eigenvalue weighted by atomic mass is 10.1. The summed E-state index contributed by atoms with van der Waals surface area (Å²) >= 11 is 0. The predicted molar refractivity (Wildman–Crippen MR) is 127 cm³/mol. The molecule has 0 fully saturated rings. The molecule has 5 nitrogen and oxygen atoms in total. The van der Waals surface area contributed by atoms with Crippen molar-refractivity contribution in [2.75, 3.05) is 11.9 Å². The fourth-order valence-electron chi connectivity index (χ4n) is 3.59. The number of carbonyl (C=O) groups is 1. The van der Waals surface area contributed by atoms with Gasteiger partial charge in [-0.25, -0.2) is 0 Å². The second-order valence-electron chi connectivity index (χ2n) is 7.80. The average molecular weight is 428 g/mol. The van der Waals surface area contributed by atoms with Gasteiger partial charge in [0.15, 0.2) is 12.4 Å². The first kappa shape index (κ1) is 21.4. The lowest BCUT2D eigenvalue weighted by Crippen LogP contribution is -2.23. The first-order valence-electron chi connectivity index (χ1n) is 10.6. The minimum Gasteiger partial charge on any atom is -0.476 e. The zero-order chi connectivity index (χ0) is 22.7. The first-order valence-corrected chi connectivity index (χ1v) is 10.6. The van der Waals surface area contributed by atoms with Gasteiger partial charge in [0.1, 0.15) is 5.58 Å². The molecule has 32 heavy (non-hydrogen) atoms. The van der Waals surface area contributed by atoms with E-state index in [9.17, 15) is 9.59 Å². The summed E-state index contributed by atoms with van der Waals surface area (Å²) in [5.41, 5.74) is 4.68. The van der Waals surface area contributed by atoms with Gasteiger partial charge in [0.2, 0.25) is 11.2 Å². The maximum absolute atomic E-state index is 13.3. The molecule has 4 aromatic rings. The maximum Gasteiger partial charge on any atom is 0.262 e. The number of amides is 1. The summed E-state index contributed by atoms with van der Waals surface area (Å²) in [6.45, 7) is 5.61. The van der Waals surface area contributed by atoms with Crippen molar-refractivity contribution in [1.29, 1.82) is 0 Å². The van der Waals surface area contributed by atoms with Crippen molar-refractivity contribution in [1.82, 2.24) is 0 Å². The Kier molecular flexibility index (Phi) is 6.08. The van der Waals surface area contributed by atoms with Gasteiger partial charge in [0.25, 0.3) is 5.91 Å². The highest BCUT2D eigenvalue weighted by molar-refractivity contribution is 5.93. The summed E-state index contributed by atoms with van der Waals surface area (Å²) in [4.78, 5) is 25.9. The number of hydrogen-bond acceptors (Lipinski definition) is 4. The first-order chi connectivity index (χ1) is 15.5. The van der Waals surface area contributed by atoms with Crippen LogP contribution in [-0.4, -0.2) is 12.5 Å². The zero-order valence-electron chi connectivity index (χ0n) is 18.4. The average Bonchev–Trinajstić information content (AvgIpc) is 2.79. The molecule has 1 aromatic heterocycles. The number of ether oxygens (including phenoxy) is 1. The van der Waals surface area contributed by atoms with Crippen molar-refractivity contribution in [2.24, 2.45) is 0 Å². The van der Waals surface area contributed by atoms with Crippen LogP contribution in [-0.2, 0) is 11.2 Å². The monoisotopic (exact) mass is 427 g/mol. The van der Waals surface area contributed by atoms with Gasteiger partial charge in [0.05, 0.1) is 5.39 Å². The molecular formula is C27H25NO4. The molecule has 0 radical (unpaired) electrons. The van der Waals surface area contributed by atoms with Gasteiger partial charge in [-0.1, -0.05) is 66.6 Å². The van der Waals surface area contributed by atoms with E-state index in [0.717, 1.165) is 28.8 Å². The van der Waals surface area contributed by atoms with Crippen LogP contribution in [0, 0.1) is 13.8 Å². The Balaban J connectivity index is 1.69. The van der Waals surface area contributed by atoms with Gasteiger partial charge in [-0.2, -0.15) is 0 Å². The third-order valence-corrected chi connectivity index (χ3v) is 5.34. The number of nitrogens with one attached hydrogen (secondary N) is 1. The van der Waals surface area contributed by atoms with E-state index in [-0.39, 0.29) is 23.7 Å². The van der Waals surface area contributed by atoms with E-state index < -0.39 is 0 Å². The largest absolute Gasteiger partial charge is 0.476 e. The zero-order valence-corrected chi connectivity index (χ0v) is 18.4. The Hall–Kier alpha value is -3.86. The molecule has 5 heteroatoms. The molecule has 0 spiro atoms. The summed E-state index contributed by atoms with van der Waals surface area (Å²) in [5, 5.41) is 3.29. The molecule has 0 saturated carbocycles. The second kappa shape index (κ2) is 9.10. The maximum atomic E-state index is 13.3. The molecule has 0 aliphatic heterocycles. The molecule has 0 atom stereocenters. The van der Waals surface area contributed by atoms with Crippen molar-refractivity contribution in [3.05, 3.63) is 93.6 Å². The Morgan fingerprint density at radius 2 is 1.69 bits per heavy atom. The summed E-state index contributed by atoms with van der Waals surface area (Å²) in [6, 6.07) is 20.7. The van der Waals surface area contributed by atoms with Crippen LogP contribution in [0.5, 0.6) is 5.75 Å². The van der Waals surface area contributed by atoms with Crippen LogP contribution in [0.25, 0.3) is 22.3 Å². The Morgan fingerprint density at radius 3 is 2.44 bits per heavy atom. The second-order valence-corrected chi connectivity index (χ2v) is 7.80. The number of rotatable bonds is 6. The quantitative estimate of drug-likeness (QED) is 0.431. The molecule has 0 bridgehead atoms. The number of anilines is 1. The molecule has 1 heterocycles. The van der Waals surface area contributed by atoms with Gasteiger partial charge < -0.3 is 14.5 Å². The highest BCUT2D eigenvalue weighted by atomic mass is 16.5. The molecular weight excluding hydrogens is 402 g/mol. The SMILES string of the molecule is CCc1ccccc1NC(=O)COc1c(-c2ccc(C)cc2)oc2ccc(C)cc2c1=O. The fourth-order valence-corrected chi connectivity index (χ4v) is 3.59. The van der Waals surface area contributed by atoms with E-state index in [1.807, 2.05) is 75.4 Å². The number of fused-ring (bicyclic) bond motifs is 1. The van der Waals surface area contributed by atoms with Crippen LogP contribution >= 0.6 is 0 Å². The van der Waals surface area contributed by atoms with E-state index in [0.29, 0.717) is 22.3 Å². The van der Waals surface area contributed by atoms with Gasteiger partial charge in [-0.05, 0) is 44.0 Å². The molecule has 3 aromatic carbocycles. The molecule has 4 rings (SSSR count). The third kappa shape index (κ3) is 4.42. The van der Waals surface area contributed by atoms with Crippen molar-refractivity contribution in [3.8, 4) is 17.1 Å². The Bertz CT molecular complexity index is 1340. The number of carbonyl (C=O) groups excluding carboxylic acids is 1. The van der Waals surface area contributed by atoms with Crippen molar-refractivity contribution in [3.63, 3.8) is 0 Å². The lowest BCUT2D eigenvalue weighted by molar-refractivity contribution is -0.118. The summed E-state index contributed by atoms with van der Waals surface area (Å²) < 4.78 is 11.9. The smallest absolute Gasteiger partial charge is 0.262 e. The molecule has 162 valence electrons. The number of benzene rings is 3. The van der Waals surface area contributed by atoms with Crippen LogP contribution in [0.2, 0.25) is 0 Å². The van der Waals surface area contributed by atoms with Gasteiger partial charge in [-0.15, -0.1) is 0 Å². The van der Waals surface area contributed by atoms with Crippen molar-refractivity contribution in [2.45, 2.75) is 27.2 Å². The number of para-hydroxylation sites is 1. The lowest BCUT2D eigenvalue weighted by Gasteiger charge is -2.13. The van der Waals surface area contributed by atoms with Gasteiger partial charge in [-0.3, -0.25) is 9.59 Å².